The summed E-state index contributed by atoms with van der Waals surface area (Å²) in [5.41, 5.74) is 1.68. The summed E-state index contributed by atoms with van der Waals surface area (Å²) in [6.07, 6.45) is 0. The van der Waals surface area contributed by atoms with Crippen molar-refractivity contribution in [2.45, 2.75) is 27.3 Å². The number of hydrogen-bond acceptors (Lipinski definition) is 3. The Kier molecular flexibility index (Phi) is 5.81. The van der Waals surface area contributed by atoms with Gasteiger partial charge in [0.05, 0.1) is 11.3 Å². The second-order valence-electron chi connectivity index (χ2n) is 6.72. The van der Waals surface area contributed by atoms with Crippen molar-refractivity contribution in [2.75, 3.05) is 5.32 Å². The summed E-state index contributed by atoms with van der Waals surface area (Å²) in [4.78, 5) is 12.7. The average molecular weight is 384 g/mol. The first kappa shape index (κ1) is 19.0. The lowest BCUT2D eigenvalue weighted by molar-refractivity contribution is 0.102. The highest BCUT2D eigenvalue weighted by atomic mass is 35.5. The molecule has 0 spiro atoms. The zero-order valence-electron chi connectivity index (χ0n) is 15.6. The smallest absolute Gasteiger partial charge is 0.260 e. The van der Waals surface area contributed by atoms with Gasteiger partial charge in [-0.2, -0.15) is 5.10 Å². The van der Waals surface area contributed by atoms with E-state index in [2.05, 4.69) is 24.3 Å². The van der Waals surface area contributed by atoms with E-state index in [-0.39, 0.29) is 5.91 Å². The molecule has 6 heteroatoms. The second-order valence-corrected chi connectivity index (χ2v) is 7.08. The lowest BCUT2D eigenvalue weighted by Crippen LogP contribution is -2.13. The summed E-state index contributed by atoms with van der Waals surface area (Å²) in [6.45, 7) is 6.60. The number of aryl methyl sites for hydroxylation is 1. The van der Waals surface area contributed by atoms with Crippen molar-refractivity contribution >= 4 is 23.2 Å². The van der Waals surface area contributed by atoms with Crippen LogP contribution < -0.4 is 10.1 Å². The number of halogens is 1. The fraction of sp³-hybridized carbons (Fsp3) is 0.238. The average Bonchev–Trinajstić information content (AvgIpc) is 2.90. The predicted molar refractivity (Wildman–Crippen MR) is 108 cm³/mol. The highest BCUT2D eigenvalue weighted by molar-refractivity contribution is 6.33. The van der Waals surface area contributed by atoms with Gasteiger partial charge < -0.3 is 10.1 Å². The van der Waals surface area contributed by atoms with Crippen molar-refractivity contribution in [1.82, 2.24) is 9.78 Å². The highest BCUT2D eigenvalue weighted by Gasteiger charge is 2.20. The largest absolute Gasteiger partial charge is 0.457 e. The Labute approximate surface area is 163 Å². The molecule has 1 aromatic heterocycles. The third-order valence-corrected chi connectivity index (χ3v) is 4.31. The molecule has 0 aliphatic carbocycles. The van der Waals surface area contributed by atoms with Crippen LogP contribution >= 0.6 is 11.6 Å². The van der Waals surface area contributed by atoms with Gasteiger partial charge in [0.15, 0.2) is 0 Å². The molecule has 3 aromatic rings. The molecule has 0 saturated carbocycles. The molecule has 0 aliphatic rings. The van der Waals surface area contributed by atoms with Gasteiger partial charge >= 0.3 is 0 Å². The van der Waals surface area contributed by atoms with Gasteiger partial charge in [-0.05, 0) is 49.2 Å². The third kappa shape index (κ3) is 4.68. The normalized spacial score (nSPS) is 10.9. The molecule has 1 N–H and O–H groups in total. The highest BCUT2D eigenvalue weighted by Crippen LogP contribution is 2.25. The van der Waals surface area contributed by atoms with Crippen LogP contribution in [0.1, 0.15) is 29.9 Å². The number of para-hydroxylation sites is 1. The Morgan fingerprint density at radius 3 is 2.37 bits per heavy atom. The molecule has 140 valence electrons. The number of carbonyl (C=O) groups excluding carboxylic acids is 1. The van der Waals surface area contributed by atoms with Crippen molar-refractivity contribution in [1.29, 1.82) is 0 Å². The maximum atomic E-state index is 12.7. The van der Waals surface area contributed by atoms with E-state index in [1.165, 1.54) is 0 Å². The van der Waals surface area contributed by atoms with Crippen molar-refractivity contribution in [3.05, 3.63) is 71.0 Å². The first-order valence-electron chi connectivity index (χ1n) is 8.81. The summed E-state index contributed by atoms with van der Waals surface area (Å²) < 4.78 is 7.43. The number of ether oxygens (including phenoxy) is 1. The number of nitrogens with zero attached hydrogens (tertiary/aromatic N) is 2. The van der Waals surface area contributed by atoms with Gasteiger partial charge in [-0.1, -0.05) is 43.6 Å². The number of anilines is 1. The molecular formula is C21H22ClN3O2. The molecular weight excluding hydrogens is 362 g/mol. The fourth-order valence-electron chi connectivity index (χ4n) is 2.70. The zero-order chi connectivity index (χ0) is 19.4. The van der Waals surface area contributed by atoms with Gasteiger partial charge in [-0.3, -0.25) is 9.48 Å². The molecule has 0 fully saturated rings. The van der Waals surface area contributed by atoms with E-state index in [1.54, 1.807) is 35.9 Å². The van der Waals surface area contributed by atoms with Crippen molar-refractivity contribution in [3.8, 4) is 11.5 Å². The van der Waals surface area contributed by atoms with E-state index >= 15 is 0 Å². The Hall–Kier alpha value is -2.79. The van der Waals surface area contributed by atoms with E-state index in [0.717, 1.165) is 5.75 Å². The number of rotatable bonds is 6. The summed E-state index contributed by atoms with van der Waals surface area (Å²) in [5, 5.41) is 7.61. The van der Waals surface area contributed by atoms with E-state index in [9.17, 15) is 4.79 Å². The third-order valence-electron chi connectivity index (χ3n) is 3.92. The number of nitrogens with one attached hydrogen (secondary N) is 1. The first-order chi connectivity index (χ1) is 12.9. The number of carbonyl (C=O) groups is 1. The Balaban J connectivity index is 1.70. The topological polar surface area (TPSA) is 56.2 Å². The van der Waals surface area contributed by atoms with Gasteiger partial charge in [0.1, 0.15) is 16.7 Å². The van der Waals surface area contributed by atoms with E-state index in [0.29, 0.717) is 40.3 Å². The summed E-state index contributed by atoms with van der Waals surface area (Å²) in [7, 11) is 0. The van der Waals surface area contributed by atoms with Gasteiger partial charge in [-0.15, -0.1) is 0 Å². The van der Waals surface area contributed by atoms with Crippen LogP contribution in [0.5, 0.6) is 11.5 Å². The molecule has 0 aliphatic heterocycles. The van der Waals surface area contributed by atoms with E-state index in [1.807, 2.05) is 30.3 Å². The Bertz CT molecular complexity index is 919. The van der Waals surface area contributed by atoms with Crippen molar-refractivity contribution < 1.29 is 9.53 Å². The van der Waals surface area contributed by atoms with Crippen LogP contribution in [0.15, 0.2) is 54.6 Å². The van der Waals surface area contributed by atoms with Gasteiger partial charge in [0.2, 0.25) is 0 Å². The minimum atomic E-state index is -0.274. The predicted octanol–water partition coefficient (Wildman–Crippen LogP) is 5.55. The first-order valence-corrected chi connectivity index (χ1v) is 9.19. The number of aromatic nitrogens is 2. The van der Waals surface area contributed by atoms with Crippen LogP contribution in [0.2, 0.25) is 5.15 Å². The molecule has 27 heavy (non-hydrogen) atoms. The van der Waals surface area contributed by atoms with Crippen LogP contribution in [0.25, 0.3) is 0 Å². The molecule has 0 saturated heterocycles. The van der Waals surface area contributed by atoms with Crippen LogP contribution in [0.4, 0.5) is 5.69 Å². The maximum absolute atomic E-state index is 12.7. The van der Waals surface area contributed by atoms with Crippen LogP contribution in [0.3, 0.4) is 0 Å². The monoisotopic (exact) mass is 383 g/mol. The number of hydrogen-bond donors (Lipinski definition) is 1. The fourth-order valence-corrected chi connectivity index (χ4v) is 3.03. The molecule has 3 rings (SSSR count). The lowest BCUT2D eigenvalue weighted by atomic mass is 10.2. The Morgan fingerprint density at radius 2 is 1.74 bits per heavy atom. The Morgan fingerprint density at radius 1 is 1.11 bits per heavy atom. The minimum absolute atomic E-state index is 0.274. The van der Waals surface area contributed by atoms with Crippen molar-refractivity contribution in [2.24, 2.45) is 5.92 Å². The lowest BCUT2D eigenvalue weighted by Gasteiger charge is -2.09. The maximum Gasteiger partial charge on any atom is 0.260 e. The summed E-state index contributed by atoms with van der Waals surface area (Å²) >= 11 is 6.37. The molecule has 1 amide bonds. The molecule has 0 radical (unpaired) electrons. The molecule has 0 atom stereocenters. The van der Waals surface area contributed by atoms with E-state index < -0.39 is 0 Å². The van der Waals surface area contributed by atoms with Crippen LogP contribution in [0, 0.1) is 12.8 Å². The molecule has 0 unspecified atom stereocenters. The zero-order valence-corrected chi connectivity index (χ0v) is 16.3. The quantitative estimate of drug-likeness (QED) is 0.607. The second kappa shape index (κ2) is 8.27. The van der Waals surface area contributed by atoms with E-state index in [4.69, 9.17) is 16.3 Å². The molecule has 0 bridgehead atoms. The summed E-state index contributed by atoms with van der Waals surface area (Å²) in [5.74, 6) is 1.56. The number of amides is 1. The standard InChI is InChI=1S/C21H22ClN3O2/c1-14(2)13-25-20(22)19(15(3)24-25)21(26)23-16-9-11-18(12-10-16)27-17-7-5-4-6-8-17/h4-12,14H,13H2,1-3H3,(H,23,26). The molecule has 5 nitrogen and oxygen atoms in total. The van der Waals surface area contributed by atoms with Crippen LogP contribution in [-0.4, -0.2) is 15.7 Å². The molecule has 1 heterocycles. The molecule has 2 aromatic carbocycles. The summed E-state index contributed by atoms with van der Waals surface area (Å²) in [6, 6.07) is 16.7. The van der Waals surface area contributed by atoms with Gasteiger partial charge in [-0.25, -0.2) is 0 Å². The minimum Gasteiger partial charge on any atom is -0.457 e. The SMILES string of the molecule is Cc1nn(CC(C)C)c(Cl)c1C(=O)Nc1ccc(Oc2ccccc2)cc1. The van der Waals surface area contributed by atoms with Crippen molar-refractivity contribution in [3.63, 3.8) is 0 Å². The van der Waals surface area contributed by atoms with Crippen LogP contribution in [-0.2, 0) is 6.54 Å². The number of benzene rings is 2. The van der Waals surface area contributed by atoms with Gasteiger partial charge in [0.25, 0.3) is 5.91 Å². The van der Waals surface area contributed by atoms with Gasteiger partial charge in [0, 0.05) is 12.2 Å².